The number of rotatable bonds is 2. The lowest BCUT2D eigenvalue weighted by Gasteiger charge is -2.27. The van der Waals surface area contributed by atoms with E-state index in [0.717, 1.165) is 39.5 Å². The van der Waals surface area contributed by atoms with Crippen molar-refractivity contribution in [2.75, 3.05) is 0 Å². The molecule has 0 amide bonds. The maximum Gasteiger partial charge on any atom is 0.0972 e. The van der Waals surface area contributed by atoms with Gasteiger partial charge in [0.1, 0.15) is 0 Å². The molecule has 0 N–H and O–H groups in total. The molecule has 8 aromatic carbocycles. The lowest BCUT2D eigenvalue weighted by Crippen LogP contribution is -2.11. The number of benzene rings is 8. The van der Waals surface area contributed by atoms with Gasteiger partial charge < -0.3 is 0 Å². The van der Waals surface area contributed by atoms with Crippen molar-refractivity contribution in [2.45, 2.75) is 12.3 Å². The second kappa shape index (κ2) is 10.4. The fraction of sp³-hybridized carbons (Fsp3) is 0.0400. The standard InChI is InChI=1S/C50H30N2/c1-2-11-36-34(10-1)35-12-3-4-13-38(35)46-39(36)15-6-16-40(46)41-18-7-19-43-42-17-5-14-37-33-24-22-31(27-32(33)28-44(47(37)42)48(41)43)45-25-23-30-21-20-29-9-8-26-51-49(29)50(30)52-45/h1-27,44H,28H2. The van der Waals surface area contributed by atoms with Crippen LogP contribution in [0.4, 0.5) is 0 Å². The van der Waals surface area contributed by atoms with E-state index in [2.05, 4.69) is 152 Å². The van der Waals surface area contributed by atoms with E-state index in [1.807, 2.05) is 12.3 Å². The van der Waals surface area contributed by atoms with Gasteiger partial charge in [-0.2, -0.15) is 0 Å². The first kappa shape index (κ1) is 28.1. The predicted molar refractivity (Wildman–Crippen MR) is 217 cm³/mol. The Morgan fingerprint density at radius 1 is 0.423 bits per heavy atom. The lowest BCUT2D eigenvalue weighted by molar-refractivity contribution is 0.817. The minimum atomic E-state index is 0.264. The summed E-state index contributed by atoms with van der Waals surface area (Å²) in [6, 6.07) is 58.3. The summed E-state index contributed by atoms with van der Waals surface area (Å²) in [6.45, 7) is 0. The van der Waals surface area contributed by atoms with Crippen molar-refractivity contribution in [3.63, 3.8) is 0 Å². The van der Waals surface area contributed by atoms with Crippen LogP contribution in [0.2, 0.25) is 0 Å². The molecule has 2 aromatic heterocycles. The Kier molecular flexibility index (Phi) is 5.64. The van der Waals surface area contributed by atoms with Crippen molar-refractivity contribution in [3.05, 3.63) is 181 Å². The summed E-state index contributed by atoms with van der Waals surface area (Å²) in [4.78, 5) is 9.93. The molecule has 0 radical (unpaired) electrons. The molecule has 0 bridgehead atoms. The Bertz CT molecular complexity index is 3130. The molecule has 2 aliphatic rings. The van der Waals surface area contributed by atoms with Crippen molar-refractivity contribution in [1.82, 2.24) is 9.97 Å². The van der Waals surface area contributed by atoms with E-state index >= 15 is 0 Å². The Morgan fingerprint density at radius 3 is 1.71 bits per heavy atom. The number of aromatic nitrogens is 2. The van der Waals surface area contributed by atoms with Crippen molar-refractivity contribution >= 4 is 54.1 Å². The van der Waals surface area contributed by atoms with Gasteiger partial charge in [-0.1, -0.05) is 140 Å². The monoisotopic (exact) mass is 658 g/mol. The fourth-order valence-electron chi connectivity index (χ4n) is 9.64. The zero-order valence-corrected chi connectivity index (χ0v) is 28.3. The summed E-state index contributed by atoms with van der Waals surface area (Å²) < 4.78 is 0. The summed E-state index contributed by atoms with van der Waals surface area (Å²) in [7, 11) is 0. The van der Waals surface area contributed by atoms with Crippen LogP contribution in [0.3, 0.4) is 0 Å². The molecule has 12 rings (SSSR count). The van der Waals surface area contributed by atoms with Gasteiger partial charge in [-0.05, 0) is 107 Å². The van der Waals surface area contributed by atoms with E-state index in [-0.39, 0.29) is 5.92 Å². The minimum absolute atomic E-state index is 0.264. The smallest absolute Gasteiger partial charge is 0.0972 e. The van der Waals surface area contributed by atoms with Gasteiger partial charge in [-0.25, -0.2) is 4.98 Å². The van der Waals surface area contributed by atoms with Gasteiger partial charge in [0.05, 0.1) is 16.7 Å². The summed E-state index contributed by atoms with van der Waals surface area (Å²) in [6.07, 6.45) is 2.81. The zero-order chi connectivity index (χ0) is 33.9. The van der Waals surface area contributed by atoms with Gasteiger partial charge >= 0.3 is 0 Å². The molecule has 2 nitrogen and oxygen atoms in total. The maximum atomic E-state index is 5.22. The van der Waals surface area contributed by atoms with Crippen LogP contribution in [0.25, 0.3) is 98.8 Å². The highest BCUT2D eigenvalue weighted by atomic mass is 14.8. The second-order valence-corrected chi connectivity index (χ2v) is 14.4. The zero-order valence-electron chi connectivity index (χ0n) is 28.3. The second-order valence-electron chi connectivity index (χ2n) is 14.4. The van der Waals surface area contributed by atoms with Crippen LogP contribution >= 0.6 is 0 Å². The molecular formula is C50H30N2. The molecule has 0 saturated heterocycles. The van der Waals surface area contributed by atoms with Gasteiger partial charge in [0, 0.05) is 28.5 Å². The molecule has 2 aliphatic carbocycles. The van der Waals surface area contributed by atoms with Gasteiger partial charge in [0.2, 0.25) is 0 Å². The van der Waals surface area contributed by atoms with Crippen molar-refractivity contribution in [1.29, 1.82) is 0 Å². The van der Waals surface area contributed by atoms with Crippen molar-refractivity contribution < 1.29 is 0 Å². The molecule has 2 heteroatoms. The van der Waals surface area contributed by atoms with E-state index < -0.39 is 0 Å². The Labute approximate surface area is 300 Å². The highest BCUT2D eigenvalue weighted by Gasteiger charge is 2.37. The quantitative estimate of drug-likeness (QED) is 0.173. The third kappa shape index (κ3) is 3.79. The normalized spacial score (nSPS) is 14.3. The van der Waals surface area contributed by atoms with Gasteiger partial charge in [-0.3, -0.25) is 4.98 Å². The number of nitrogens with zero attached hydrogens (tertiary/aromatic N) is 2. The van der Waals surface area contributed by atoms with E-state index in [9.17, 15) is 0 Å². The summed E-state index contributed by atoms with van der Waals surface area (Å²) in [5.41, 5.74) is 16.4. The number of hydrogen-bond acceptors (Lipinski definition) is 2. The first-order valence-electron chi connectivity index (χ1n) is 18.2. The van der Waals surface area contributed by atoms with Crippen molar-refractivity contribution in [3.8, 4) is 44.6 Å². The van der Waals surface area contributed by atoms with Gasteiger partial charge in [0.25, 0.3) is 0 Å². The maximum absolute atomic E-state index is 5.22. The Morgan fingerprint density at radius 2 is 0.981 bits per heavy atom. The van der Waals surface area contributed by atoms with Crippen LogP contribution in [0.15, 0.2) is 164 Å². The molecular weight excluding hydrogens is 629 g/mol. The number of fused-ring (bicyclic) bond motifs is 14. The highest BCUT2D eigenvalue weighted by Crippen LogP contribution is 2.57. The third-order valence-corrected chi connectivity index (χ3v) is 11.8. The predicted octanol–water partition coefficient (Wildman–Crippen LogP) is 12.9. The topological polar surface area (TPSA) is 25.8 Å². The van der Waals surface area contributed by atoms with Crippen molar-refractivity contribution in [2.24, 2.45) is 0 Å². The molecule has 1 unspecified atom stereocenters. The molecule has 52 heavy (non-hydrogen) atoms. The lowest BCUT2D eigenvalue weighted by atomic mass is 9.76. The van der Waals surface area contributed by atoms with Crippen LogP contribution in [-0.2, 0) is 6.42 Å². The van der Waals surface area contributed by atoms with Crippen LogP contribution < -0.4 is 0 Å². The fourth-order valence-corrected chi connectivity index (χ4v) is 9.64. The van der Waals surface area contributed by atoms with Gasteiger partial charge in [-0.15, -0.1) is 0 Å². The minimum Gasteiger partial charge on any atom is -0.254 e. The molecule has 10 aromatic rings. The molecule has 0 fully saturated rings. The molecule has 0 saturated carbocycles. The number of hydrogen-bond donors (Lipinski definition) is 0. The summed E-state index contributed by atoms with van der Waals surface area (Å²) in [5.74, 6) is 0.264. The average molecular weight is 659 g/mol. The van der Waals surface area contributed by atoms with Crippen LogP contribution in [0, 0.1) is 0 Å². The van der Waals surface area contributed by atoms with Crippen LogP contribution in [0.5, 0.6) is 0 Å². The highest BCUT2D eigenvalue weighted by molar-refractivity contribution is 6.28. The molecule has 2 heterocycles. The Balaban J connectivity index is 1.06. The van der Waals surface area contributed by atoms with Gasteiger partial charge in [0.15, 0.2) is 0 Å². The Hall–Kier alpha value is -6.64. The van der Waals surface area contributed by atoms with E-state index in [1.165, 1.54) is 82.4 Å². The first-order valence-corrected chi connectivity index (χ1v) is 18.2. The number of pyridine rings is 2. The molecule has 1 atom stereocenters. The SMILES string of the molecule is c1cc2c3c(c1)-c1cccc(-c4cccc5c6ccccc6c6ccccc6c45)c1C3Cc1cc(-c3ccc4ccc5cccnc5c4n3)ccc1-2. The summed E-state index contributed by atoms with van der Waals surface area (Å²) >= 11 is 0. The average Bonchev–Trinajstić information content (AvgIpc) is 3.54. The first-order chi connectivity index (χ1) is 25.8. The molecule has 240 valence electrons. The third-order valence-electron chi connectivity index (χ3n) is 11.8. The molecule has 0 aliphatic heterocycles. The van der Waals surface area contributed by atoms with Crippen LogP contribution in [0.1, 0.15) is 22.6 Å². The molecule has 0 spiro atoms. The van der Waals surface area contributed by atoms with E-state index in [1.54, 1.807) is 0 Å². The summed E-state index contributed by atoms with van der Waals surface area (Å²) in [5, 5.41) is 10.1. The van der Waals surface area contributed by atoms with E-state index in [0.29, 0.717) is 0 Å². The van der Waals surface area contributed by atoms with E-state index in [4.69, 9.17) is 9.97 Å². The largest absolute Gasteiger partial charge is 0.254 e. The van der Waals surface area contributed by atoms with Crippen LogP contribution in [-0.4, -0.2) is 9.97 Å².